The molecule has 1 aliphatic heterocycles. The van der Waals surface area contributed by atoms with Crippen molar-refractivity contribution in [3.05, 3.63) is 50.7 Å². The van der Waals surface area contributed by atoms with Crippen LogP contribution in [0.3, 0.4) is 0 Å². The third kappa shape index (κ3) is 1.87. The van der Waals surface area contributed by atoms with Gasteiger partial charge in [0.15, 0.2) is 0 Å². The monoisotopic (exact) mass is 243 g/mol. The summed E-state index contributed by atoms with van der Waals surface area (Å²) in [7, 11) is 0. The number of rotatable bonds is 1. The molecule has 0 spiro atoms. The van der Waals surface area contributed by atoms with Crippen LogP contribution in [0.1, 0.15) is 32.5 Å². The molecular formula is C15H17NS. The van der Waals surface area contributed by atoms with E-state index in [2.05, 4.69) is 50.4 Å². The first-order valence-corrected chi connectivity index (χ1v) is 6.88. The molecule has 2 aromatic rings. The van der Waals surface area contributed by atoms with Crippen LogP contribution in [0.5, 0.6) is 0 Å². The molecule has 1 atom stereocenters. The minimum atomic E-state index is 0.476. The van der Waals surface area contributed by atoms with Gasteiger partial charge in [0, 0.05) is 15.4 Å². The fraction of sp³-hybridized carbons (Fsp3) is 0.333. The molecule has 2 heteroatoms. The molecule has 3 rings (SSSR count). The number of thiophene rings is 1. The molecule has 17 heavy (non-hydrogen) atoms. The lowest BCUT2D eigenvalue weighted by Gasteiger charge is -2.09. The topological polar surface area (TPSA) is 12.0 Å². The van der Waals surface area contributed by atoms with Crippen molar-refractivity contribution in [2.45, 2.75) is 33.2 Å². The maximum absolute atomic E-state index is 3.67. The molecule has 1 unspecified atom stereocenters. The average Bonchev–Trinajstić information content (AvgIpc) is 2.83. The zero-order valence-corrected chi connectivity index (χ0v) is 11.3. The largest absolute Gasteiger partial charge is 0.377 e. The highest BCUT2D eigenvalue weighted by atomic mass is 32.1. The van der Waals surface area contributed by atoms with E-state index in [0.717, 1.165) is 6.42 Å². The molecule has 0 radical (unpaired) electrons. The van der Waals surface area contributed by atoms with Gasteiger partial charge in [-0.3, -0.25) is 0 Å². The van der Waals surface area contributed by atoms with E-state index in [1.165, 1.54) is 32.1 Å². The van der Waals surface area contributed by atoms with Gasteiger partial charge in [-0.05, 0) is 50.5 Å². The summed E-state index contributed by atoms with van der Waals surface area (Å²) in [6.45, 7) is 6.54. The van der Waals surface area contributed by atoms with E-state index < -0.39 is 0 Å². The van der Waals surface area contributed by atoms with Gasteiger partial charge in [0.1, 0.15) is 0 Å². The molecule has 88 valence electrons. The van der Waals surface area contributed by atoms with E-state index in [0.29, 0.717) is 6.04 Å². The molecule has 0 aliphatic carbocycles. The van der Waals surface area contributed by atoms with Crippen LogP contribution >= 0.6 is 11.3 Å². The van der Waals surface area contributed by atoms with E-state index in [4.69, 9.17) is 0 Å². The highest BCUT2D eigenvalue weighted by Gasteiger charge is 2.24. The molecule has 1 aliphatic rings. The number of hydrogen-bond donors (Lipinski definition) is 1. The molecular weight excluding hydrogens is 226 g/mol. The minimum Gasteiger partial charge on any atom is -0.377 e. The van der Waals surface area contributed by atoms with Crippen LogP contribution in [-0.2, 0) is 6.42 Å². The Morgan fingerprint density at radius 2 is 2.00 bits per heavy atom. The predicted molar refractivity (Wildman–Crippen MR) is 75.0 cm³/mol. The number of nitrogens with one attached hydrogen (secondary N) is 1. The predicted octanol–water partition coefficient (Wildman–Crippen LogP) is 4.38. The Balaban J connectivity index is 1.95. The zero-order chi connectivity index (χ0) is 12.0. The maximum atomic E-state index is 3.67. The molecule has 1 aromatic heterocycles. The van der Waals surface area contributed by atoms with Gasteiger partial charge in [-0.1, -0.05) is 17.7 Å². The van der Waals surface area contributed by atoms with E-state index >= 15 is 0 Å². The first-order valence-electron chi connectivity index (χ1n) is 6.06. The van der Waals surface area contributed by atoms with Crippen LogP contribution in [0.25, 0.3) is 0 Å². The summed E-state index contributed by atoms with van der Waals surface area (Å²) in [5.74, 6) is 0. The van der Waals surface area contributed by atoms with E-state index in [1.54, 1.807) is 0 Å². The molecule has 0 fully saturated rings. The Kier molecular flexibility index (Phi) is 2.48. The Morgan fingerprint density at radius 3 is 2.71 bits per heavy atom. The van der Waals surface area contributed by atoms with Gasteiger partial charge < -0.3 is 5.32 Å². The number of anilines is 1. The molecule has 2 heterocycles. The number of fused-ring (bicyclic) bond motifs is 1. The zero-order valence-electron chi connectivity index (χ0n) is 10.5. The normalized spacial score (nSPS) is 17.9. The second-order valence-corrected chi connectivity index (χ2v) is 6.28. The number of aryl methyl sites for hydroxylation is 3. The van der Waals surface area contributed by atoms with Gasteiger partial charge in [0.25, 0.3) is 0 Å². The fourth-order valence-corrected chi connectivity index (χ4v) is 3.61. The number of benzene rings is 1. The fourth-order valence-electron chi connectivity index (χ4n) is 2.68. The molecule has 1 nitrogen and oxygen atoms in total. The quantitative estimate of drug-likeness (QED) is 0.783. The third-order valence-corrected chi connectivity index (χ3v) is 4.52. The van der Waals surface area contributed by atoms with Crippen molar-refractivity contribution in [3.63, 3.8) is 0 Å². The van der Waals surface area contributed by atoms with Crippen molar-refractivity contribution in [3.8, 4) is 0 Å². The van der Waals surface area contributed by atoms with E-state index in [1.807, 2.05) is 11.3 Å². The molecule has 0 bridgehead atoms. The van der Waals surface area contributed by atoms with Gasteiger partial charge in [0.05, 0.1) is 6.04 Å². The second-order valence-electron chi connectivity index (χ2n) is 4.97. The Morgan fingerprint density at radius 1 is 1.18 bits per heavy atom. The molecule has 1 aromatic carbocycles. The summed E-state index contributed by atoms with van der Waals surface area (Å²) < 4.78 is 0. The first kappa shape index (κ1) is 10.8. The first-order chi connectivity index (χ1) is 8.13. The van der Waals surface area contributed by atoms with Gasteiger partial charge in [-0.15, -0.1) is 11.3 Å². The summed E-state index contributed by atoms with van der Waals surface area (Å²) in [6.07, 6.45) is 1.12. The van der Waals surface area contributed by atoms with Crippen LogP contribution in [-0.4, -0.2) is 0 Å². The highest BCUT2D eigenvalue weighted by molar-refractivity contribution is 7.12. The molecule has 0 saturated carbocycles. The van der Waals surface area contributed by atoms with Crippen molar-refractivity contribution in [2.24, 2.45) is 0 Å². The average molecular weight is 243 g/mol. The smallest absolute Gasteiger partial charge is 0.0647 e. The summed E-state index contributed by atoms with van der Waals surface area (Å²) in [5, 5.41) is 3.67. The maximum Gasteiger partial charge on any atom is 0.0647 e. The molecule has 1 N–H and O–H groups in total. The van der Waals surface area contributed by atoms with Gasteiger partial charge >= 0.3 is 0 Å². The van der Waals surface area contributed by atoms with Crippen molar-refractivity contribution < 1.29 is 0 Å². The van der Waals surface area contributed by atoms with Gasteiger partial charge in [-0.25, -0.2) is 0 Å². The van der Waals surface area contributed by atoms with Crippen molar-refractivity contribution in [2.75, 3.05) is 5.32 Å². The van der Waals surface area contributed by atoms with Crippen LogP contribution < -0.4 is 5.32 Å². The third-order valence-electron chi connectivity index (χ3n) is 3.41. The summed E-state index contributed by atoms with van der Waals surface area (Å²) in [4.78, 5) is 2.85. The van der Waals surface area contributed by atoms with E-state index in [9.17, 15) is 0 Å². The Bertz CT molecular complexity index is 568. The van der Waals surface area contributed by atoms with Crippen LogP contribution in [0.4, 0.5) is 5.69 Å². The van der Waals surface area contributed by atoms with Crippen LogP contribution in [0, 0.1) is 20.8 Å². The highest BCUT2D eigenvalue weighted by Crippen LogP contribution is 2.38. The lowest BCUT2D eigenvalue weighted by Crippen LogP contribution is -2.03. The van der Waals surface area contributed by atoms with Gasteiger partial charge in [-0.2, -0.15) is 0 Å². The molecule has 0 saturated heterocycles. The lowest BCUT2D eigenvalue weighted by atomic mass is 10.0. The van der Waals surface area contributed by atoms with Crippen LogP contribution in [0.15, 0.2) is 24.3 Å². The summed E-state index contributed by atoms with van der Waals surface area (Å²) in [6, 6.07) is 9.52. The Labute approximate surface area is 106 Å². The van der Waals surface area contributed by atoms with Gasteiger partial charge in [0.2, 0.25) is 0 Å². The second kappa shape index (κ2) is 3.88. The van der Waals surface area contributed by atoms with Crippen molar-refractivity contribution in [1.29, 1.82) is 0 Å². The SMILES string of the molecule is Cc1cc(C)c2c(c1)CC(c1ccc(C)s1)N2. The summed E-state index contributed by atoms with van der Waals surface area (Å²) >= 11 is 1.90. The standard InChI is InChI=1S/C15H17NS/c1-9-6-10(2)15-12(7-9)8-13(16-15)14-5-4-11(3)17-14/h4-7,13,16H,8H2,1-3H3. The summed E-state index contributed by atoms with van der Waals surface area (Å²) in [5.41, 5.74) is 5.56. The van der Waals surface area contributed by atoms with E-state index in [-0.39, 0.29) is 0 Å². The van der Waals surface area contributed by atoms with Crippen LogP contribution in [0.2, 0.25) is 0 Å². The lowest BCUT2D eigenvalue weighted by molar-refractivity contribution is 0.843. The number of hydrogen-bond acceptors (Lipinski definition) is 2. The molecule has 0 amide bonds. The van der Waals surface area contributed by atoms with Crippen molar-refractivity contribution >= 4 is 17.0 Å². The van der Waals surface area contributed by atoms with Crippen molar-refractivity contribution in [1.82, 2.24) is 0 Å². The minimum absolute atomic E-state index is 0.476. The Hall–Kier alpha value is -1.28.